The minimum atomic E-state index is -2.26. The Bertz CT molecular complexity index is 1220. The molecule has 11 heteroatoms. The fourth-order valence-corrected chi connectivity index (χ4v) is 9.07. The lowest BCUT2D eigenvalue weighted by molar-refractivity contribution is -0.293. The van der Waals surface area contributed by atoms with E-state index in [9.17, 15) is 24.6 Å². The highest BCUT2D eigenvalue weighted by Gasteiger charge is 2.53. The predicted molar refractivity (Wildman–Crippen MR) is 197 cm³/mol. The van der Waals surface area contributed by atoms with Gasteiger partial charge in [0.15, 0.2) is 18.2 Å². The van der Waals surface area contributed by atoms with Crippen LogP contribution in [0.25, 0.3) is 0 Å². The first-order valence-electron chi connectivity index (χ1n) is 19.8. The first-order chi connectivity index (χ1) is 23.9. The first kappa shape index (κ1) is 44.8. The summed E-state index contributed by atoms with van der Waals surface area (Å²) >= 11 is 0. The van der Waals surface area contributed by atoms with Gasteiger partial charge in [0.2, 0.25) is 0 Å². The number of aliphatic hydroxyl groups excluding tert-OH is 1. The van der Waals surface area contributed by atoms with Gasteiger partial charge in [0, 0.05) is 37.0 Å². The van der Waals surface area contributed by atoms with Crippen LogP contribution in [0.1, 0.15) is 130 Å². The average molecular weight is 741 g/mol. The Balaban J connectivity index is 2.20. The van der Waals surface area contributed by atoms with E-state index >= 15 is 0 Å². The Hall–Kier alpha value is -1.63. The maximum absolute atomic E-state index is 14.3. The lowest BCUT2D eigenvalue weighted by Crippen LogP contribution is -2.61. The molecule has 2 unspecified atom stereocenters. The van der Waals surface area contributed by atoms with Gasteiger partial charge in [-0.15, -0.1) is 0 Å². The first-order valence-corrected chi connectivity index (χ1v) is 19.8. The summed E-state index contributed by atoms with van der Waals surface area (Å²) in [5.74, 6) is -3.88. The molecule has 16 atom stereocenters. The van der Waals surface area contributed by atoms with Crippen molar-refractivity contribution in [1.82, 2.24) is 0 Å². The van der Waals surface area contributed by atoms with Crippen molar-refractivity contribution in [1.29, 1.82) is 0 Å². The molecule has 11 nitrogen and oxygen atoms in total. The quantitative estimate of drug-likeness (QED) is 0.277. The highest BCUT2D eigenvalue weighted by atomic mass is 16.7. The normalized spacial score (nSPS) is 45.1. The van der Waals surface area contributed by atoms with Gasteiger partial charge in [-0.1, -0.05) is 76.2 Å². The number of cyclic esters (lactones) is 1. The van der Waals surface area contributed by atoms with Crippen LogP contribution in [0, 0.1) is 52.3 Å². The molecule has 0 bridgehead atoms. The van der Waals surface area contributed by atoms with E-state index in [1.165, 1.54) is 6.92 Å². The molecule has 0 aromatic carbocycles. The number of carbonyl (C=O) groups excluding carboxylic acids is 3. The van der Waals surface area contributed by atoms with Gasteiger partial charge in [0.1, 0.15) is 18.5 Å². The van der Waals surface area contributed by atoms with Crippen molar-refractivity contribution in [3.8, 4) is 0 Å². The summed E-state index contributed by atoms with van der Waals surface area (Å²) in [6.45, 7) is 28.4. The Kier molecular flexibility index (Phi) is 15.0. The zero-order valence-electron chi connectivity index (χ0n) is 34.8. The molecule has 3 saturated heterocycles. The van der Waals surface area contributed by atoms with E-state index in [1.54, 1.807) is 20.8 Å². The number of rotatable bonds is 7. The van der Waals surface area contributed by atoms with Gasteiger partial charge < -0.3 is 38.6 Å². The Morgan fingerprint density at radius 1 is 0.865 bits per heavy atom. The molecule has 2 N–H and O–H groups in total. The summed E-state index contributed by atoms with van der Waals surface area (Å²) in [5, 5.41) is 23.8. The molecule has 0 radical (unpaired) electrons. The Morgan fingerprint density at radius 3 is 2.04 bits per heavy atom. The van der Waals surface area contributed by atoms with Crippen molar-refractivity contribution in [3.05, 3.63) is 0 Å². The van der Waals surface area contributed by atoms with Crippen molar-refractivity contribution in [3.63, 3.8) is 0 Å². The number of aliphatic hydroxyl groups is 2. The average Bonchev–Trinajstić information content (AvgIpc) is 3.05. The van der Waals surface area contributed by atoms with E-state index in [0.29, 0.717) is 18.8 Å². The standard InChI is InChI=1S/C41H72O11/c1-16-31-41(46,20-47-30(11)42)35(44)25(6)33(43)22(3)18-40(14,15)36(52-38-24(5)21(2)17-23(4)48-38)26(7)34(27(8)37(45)50-31)51-32-19-39(12,13)28(9)29(10)49-32/h21-29,31-32,34-36,38,44,46H,16-20H2,1-15H3/t21-,22+,23+,24+,25-,26-,27+,28-,29-,31+,32?,34-,35+,36+,38?,41+/m0/s1. The van der Waals surface area contributed by atoms with Crippen molar-refractivity contribution in [2.75, 3.05) is 6.61 Å². The molecular formula is C41H72O11. The summed E-state index contributed by atoms with van der Waals surface area (Å²) in [5.41, 5.74) is -3.04. The molecule has 0 amide bonds. The second kappa shape index (κ2) is 17.4. The minimum absolute atomic E-state index is 0.00466. The van der Waals surface area contributed by atoms with Gasteiger partial charge >= 0.3 is 11.9 Å². The summed E-state index contributed by atoms with van der Waals surface area (Å²) in [7, 11) is 0. The van der Waals surface area contributed by atoms with Crippen LogP contribution in [0.5, 0.6) is 0 Å². The molecule has 0 aromatic rings. The highest BCUT2D eigenvalue weighted by molar-refractivity contribution is 5.83. The summed E-state index contributed by atoms with van der Waals surface area (Å²) in [6.07, 6.45) is -3.63. The lowest BCUT2D eigenvalue weighted by atomic mass is 9.69. The lowest BCUT2D eigenvalue weighted by Gasteiger charge is -2.49. The zero-order valence-corrected chi connectivity index (χ0v) is 34.8. The van der Waals surface area contributed by atoms with Crippen LogP contribution in [0.15, 0.2) is 0 Å². The fourth-order valence-electron chi connectivity index (χ4n) is 9.07. The van der Waals surface area contributed by atoms with Crippen LogP contribution in [0.4, 0.5) is 0 Å². The third kappa shape index (κ3) is 9.96. The number of Topliss-reactive ketones (excluding diaryl/α,β-unsaturated/α-hetero) is 1. The molecule has 3 aliphatic heterocycles. The molecule has 3 fully saturated rings. The van der Waals surface area contributed by atoms with Gasteiger partial charge in [0.25, 0.3) is 0 Å². The molecule has 3 rings (SSSR count). The van der Waals surface area contributed by atoms with Crippen LogP contribution >= 0.6 is 0 Å². The number of hydrogen-bond acceptors (Lipinski definition) is 11. The van der Waals surface area contributed by atoms with E-state index in [2.05, 4.69) is 55.4 Å². The van der Waals surface area contributed by atoms with Crippen molar-refractivity contribution >= 4 is 17.7 Å². The maximum atomic E-state index is 14.3. The zero-order chi connectivity index (χ0) is 39.7. The molecule has 0 aliphatic carbocycles. The number of esters is 2. The van der Waals surface area contributed by atoms with Crippen LogP contribution in [-0.2, 0) is 42.8 Å². The molecule has 3 heterocycles. The van der Waals surface area contributed by atoms with Crippen LogP contribution in [0.2, 0.25) is 0 Å². The molecule has 0 spiro atoms. The number of hydrogen-bond donors (Lipinski definition) is 2. The van der Waals surface area contributed by atoms with Crippen molar-refractivity contribution in [2.24, 2.45) is 52.3 Å². The van der Waals surface area contributed by atoms with E-state index in [-0.39, 0.29) is 41.7 Å². The molecule has 302 valence electrons. The monoisotopic (exact) mass is 741 g/mol. The van der Waals surface area contributed by atoms with E-state index in [0.717, 1.165) is 6.42 Å². The molecule has 3 aliphatic rings. The Labute approximate surface area is 313 Å². The molecular weight excluding hydrogens is 668 g/mol. The highest BCUT2D eigenvalue weighted by Crippen LogP contribution is 2.46. The summed E-state index contributed by atoms with van der Waals surface area (Å²) in [4.78, 5) is 40.4. The minimum Gasteiger partial charge on any atom is -0.463 e. The molecule has 52 heavy (non-hydrogen) atoms. The second-order valence-electron chi connectivity index (χ2n) is 18.3. The largest absolute Gasteiger partial charge is 0.463 e. The van der Waals surface area contributed by atoms with Crippen LogP contribution < -0.4 is 0 Å². The van der Waals surface area contributed by atoms with Crippen molar-refractivity contribution < 1.29 is 53.0 Å². The van der Waals surface area contributed by atoms with Gasteiger partial charge in [-0.05, 0) is 62.7 Å². The van der Waals surface area contributed by atoms with Gasteiger partial charge in [0.05, 0.1) is 36.4 Å². The summed E-state index contributed by atoms with van der Waals surface area (Å²) < 4.78 is 38.2. The van der Waals surface area contributed by atoms with E-state index in [4.69, 9.17) is 28.4 Å². The smallest absolute Gasteiger partial charge is 0.311 e. The third-order valence-corrected chi connectivity index (χ3v) is 13.1. The van der Waals surface area contributed by atoms with Crippen LogP contribution in [0.3, 0.4) is 0 Å². The molecule has 0 aromatic heterocycles. The van der Waals surface area contributed by atoms with E-state index in [1.807, 2.05) is 20.8 Å². The second-order valence-corrected chi connectivity index (χ2v) is 18.3. The topological polar surface area (TPSA) is 147 Å². The Morgan fingerprint density at radius 2 is 1.48 bits per heavy atom. The number of ketones is 1. The maximum Gasteiger partial charge on any atom is 0.311 e. The fraction of sp³-hybridized carbons (Fsp3) is 0.927. The predicted octanol–water partition coefficient (Wildman–Crippen LogP) is 6.48. The van der Waals surface area contributed by atoms with Crippen LogP contribution in [-0.4, -0.2) is 89.3 Å². The van der Waals surface area contributed by atoms with Gasteiger partial charge in [-0.3, -0.25) is 14.4 Å². The number of carbonyl (C=O) groups is 3. The van der Waals surface area contributed by atoms with Gasteiger partial charge in [-0.25, -0.2) is 0 Å². The van der Waals surface area contributed by atoms with E-state index < -0.39 is 90.2 Å². The number of ether oxygens (including phenoxy) is 6. The summed E-state index contributed by atoms with van der Waals surface area (Å²) in [6, 6.07) is 0. The SMILES string of the molecule is CC[C@H]1OC(=O)[C@H](C)[C@@H](OC2CC(C)(C)[C@@H](C)[C@H](C)O2)[C@H](C)[C@@H](OC2O[C@H](C)C[C@H](C)[C@H]2C)C(C)(C)C[C@@H](C)C(=O)[C@H](C)[C@@H](O)[C@@]1(O)COC(C)=O. The molecule has 0 saturated carbocycles. The van der Waals surface area contributed by atoms with Crippen molar-refractivity contribution in [2.45, 2.75) is 184 Å². The third-order valence-electron chi connectivity index (χ3n) is 13.1. The van der Waals surface area contributed by atoms with Gasteiger partial charge in [-0.2, -0.15) is 0 Å².